The molecule has 1 aliphatic rings. The fourth-order valence-corrected chi connectivity index (χ4v) is 2.13. The molecule has 2 N–H and O–H groups in total. The summed E-state index contributed by atoms with van der Waals surface area (Å²) < 4.78 is 0. The molecule has 0 atom stereocenters. The topological polar surface area (TPSA) is 44.4 Å². The third kappa shape index (κ3) is 4.10. The summed E-state index contributed by atoms with van der Waals surface area (Å²) in [6.45, 7) is 8.13. The Kier molecular flexibility index (Phi) is 5.77. The van der Waals surface area contributed by atoms with Gasteiger partial charge in [-0.2, -0.15) is 0 Å². The third-order valence-corrected chi connectivity index (χ3v) is 3.30. The van der Waals surface area contributed by atoms with Crippen molar-refractivity contribution < 1.29 is 4.79 Å². The van der Waals surface area contributed by atoms with Crippen molar-refractivity contribution in [3.8, 4) is 0 Å². The number of amides is 1. The minimum Gasteiger partial charge on any atom is -0.355 e. The Balaban J connectivity index is 2.22. The summed E-state index contributed by atoms with van der Waals surface area (Å²) in [5, 5.41) is 6.00. The van der Waals surface area contributed by atoms with Gasteiger partial charge in [-0.25, -0.2) is 0 Å². The van der Waals surface area contributed by atoms with Gasteiger partial charge < -0.3 is 15.5 Å². The molecule has 0 aromatic heterocycles. The minimum absolute atomic E-state index is 0.229. The maximum atomic E-state index is 11.8. The van der Waals surface area contributed by atoms with Crippen LogP contribution in [-0.4, -0.2) is 50.1 Å². The average Bonchev–Trinajstić information content (AvgIpc) is 2.29. The van der Waals surface area contributed by atoms with Gasteiger partial charge in [0.05, 0.1) is 0 Å². The van der Waals surface area contributed by atoms with Gasteiger partial charge in [-0.3, -0.25) is 4.79 Å². The van der Waals surface area contributed by atoms with Gasteiger partial charge in [0.2, 0.25) is 5.91 Å². The normalized spacial score (nSPS) is 19.0. The standard InChI is InChI=1S/C12H25N3O/c1-10(2)15-8-4-11(5-9-15)12(16)14-7-6-13-3/h10-11,13H,4-9H2,1-3H3,(H,14,16). The molecule has 1 aliphatic heterocycles. The van der Waals surface area contributed by atoms with E-state index in [1.54, 1.807) is 0 Å². The largest absolute Gasteiger partial charge is 0.355 e. The maximum absolute atomic E-state index is 11.8. The number of hydrogen-bond acceptors (Lipinski definition) is 3. The highest BCUT2D eigenvalue weighted by Crippen LogP contribution is 2.18. The molecule has 1 rings (SSSR count). The number of likely N-dealkylation sites (tertiary alicyclic amines) is 1. The fourth-order valence-electron chi connectivity index (χ4n) is 2.13. The SMILES string of the molecule is CNCCNC(=O)C1CCN(C(C)C)CC1. The van der Waals surface area contributed by atoms with E-state index in [0.717, 1.165) is 39.0 Å². The number of rotatable bonds is 5. The number of nitrogens with one attached hydrogen (secondary N) is 2. The summed E-state index contributed by atoms with van der Waals surface area (Å²) in [6, 6.07) is 0.605. The predicted molar refractivity (Wildman–Crippen MR) is 66.4 cm³/mol. The molecule has 0 unspecified atom stereocenters. The van der Waals surface area contributed by atoms with E-state index in [9.17, 15) is 4.79 Å². The van der Waals surface area contributed by atoms with E-state index in [-0.39, 0.29) is 11.8 Å². The molecule has 0 radical (unpaired) electrons. The summed E-state index contributed by atoms with van der Waals surface area (Å²) in [7, 11) is 1.90. The molecular weight excluding hydrogens is 202 g/mol. The number of likely N-dealkylation sites (N-methyl/N-ethyl adjacent to an activating group) is 1. The van der Waals surface area contributed by atoms with Crippen LogP contribution in [0.25, 0.3) is 0 Å². The van der Waals surface area contributed by atoms with Crippen LogP contribution in [0, 0.1) is 5.92 Å². The van der Waals surface area contributed by atoms with Gasteiger partial charge in [0, 0.05) is 25.0 Å². The first-order chi connectivity index (χ1) is 7.65. The molecule has 0 bridgehead atoms. The first-order valence-corrected chi connectivity index (χ1v) is 6.31. The molecule has 1 amide bonds. The summed E-state index contributed by atoms with van der Waals surface area (Å²) in [6.07, 6.45) is 2.01. The Hall–Kier alpha value is -0.610. The number of piperidine rings is 1. The van der Waals surface area contributed by atoms with E-state index in [2.05, 4.69) is 29.4 Å². The van der Waals surface area contributed by atoms with Crippen molar-refractivity contribution in [2.24, 2.45) is 5.92 Å². The van der Waals surface area contributed by atoms with Gasteiger partial charge in [-0.05, 0) is 46.8 Å². The summed E-state index contributed by atoms with van der Waals surface area (Å²) in [5.41, 5.74) is 0. The van der Waals surface area contributed by atoms with Crippen molar-refractivity contribution in [2.45, 2.75) is 32.7 Å². The van der Waals surface area contributed by atoms with Gasteiger partial charge in [0.25, 0.3) is 0 Å². The zero-order valence-electron chi connectivity index (χ0n) is 10.8. The number of hydrogen-bond donors (Lipinski definition) is 2. The maximum Gasteiger partial charge on any atom is 0.223 e. The molecule has 1 fully saturated rings. The van der Waals surface area contributed by atoms with Crippen molar-refractivity contribution in [1.29, 1.82) is 0 Å². The van der Waals surface area contributed by atoms with Gasteiger partial charge in [0.1, 0.15) is 0 Å². The van der Waals surface area contributed by atoms with E-state index in [4.69, 9.17) is 0 Å². The van der Waals surface area contributed by atoms with Crippen molar-refractivity contribution in [1.82, 2.24) is 15.5 Å². The quantitative estimate of drug-likeness (QED) is 0.670. The van der Waals surface area contributed by atoms with Crippen molar-refractivity contribution >= 4 is 5.91 Å². The molecular formula is C12H25N3O. The molecule has 0 spiro atoms. The van der Waals surface area contributed by atoms with Crippen molar-refractivity contribution in [2.75, 3.05) is 33.2 Å². The molecule has 0 aliphatic carbocycles. The highest BCUT2D eigenvalue weighted by molar-refractivity contribution is 5.78. The van der Waals surface area contributed by atoms with Crippen LogP contribution in [0.3, 0.4) is 0 Å². The predicted octanol–water partition coefficient (Wildman–Crippen LogP) is 0.442. The molecule has 1 heterocycles. The molecule has 4 heteroatoms. The van der Waals surface area contributed by atoms with Crippen LogP contribution in [-0.2, 0) is 4.79 Å². The van der Waals surface area contributed by atoms with Crippen LogP contribution in [0.1, 0.15) is 26.7 Å². The van der Waals surface area contributed by atoms with Crippen molar-refractivity contribution in [3.05, 3.63) is 0 Å². The van der Waals surface area contributed by atoms with Crippen LogP contribution >= 0.6 is 0 Å². The average molecular weight is 227 g/mol. The molecule has 0 aromatic rings. The second-order valence-corrected chi connectivity index (χ2v) is 4.80. The number of carbonyl (C=O) groups is 1. The highest BCUT2D eigenvalue weighted by atomic mass is 16.1. The Labute approximate surface area is 98.8 Å². The van der Waals surface area contributed by atoms with Gasteiger partial charge in [-0.1, -0.05) is 0 Å². The Morgan fingerprint density at radius 1 is 1.31 bits per heavy atom. The lowest BCUT2D eigenvalue weighted by Crippen LogP contribution is -2.43. The highest BCUT2D eigenvalue weighted by Gasteiger charge is 2.25. The number of carbonyl (C=O) groups excluding carboxylic acids is 1. The lowest BCUT2D eigenvalue weighted by atomic mass is 9.95. The zero-order chi connectivity index (χ0) is 12.0. The monoisotopic (exact) mass is 227 g/mol. The lowest BCUT2D eigenvalue weighted by molar-refractivity contribution is -0.126. The second-order valence-electron chi connectivity index (χ2n) is 4.80. The third-order valence-electron chi connectivity index (χ3n) is 3.30. The van der Waals surface area contributed by atoms with Crippen LogP contribution < -0.4 is 10.6 Å². The Bertz CT molecular complexity index is 210. The fraction of sp³-hybridized carbons (Fsp3) is 0.917. The van der Waals surface area contributed by atoms with Crippen LogP contribution in [0.4, 0.5) is 0 Å². The molecule has 16 heavy (non-hydrogen) atoms. The minimum atomic E-state index is 0.229. The number of nitrogens with zero attached hydrogens (tertiary/aromatic N) is 1. The summed E-state index contributed by atoms with van der Waals surface area (Å²) in [4.78, 5) is 14.2. The Morgan fingerprint density at radius 3 is 2.44 bits per heavy atom. The summed E-state index contributed by atoms with van der Waals surface area (Å²) >= 11 is 0. The molecule has 4 nitrogen and oxygen atoms in total. The van der Waals surface area contributed by atoms with Crippen LogP contribution in [0.5, 0.6) is 0 Å². The van der Waals surface area contributed by atoms with Gasteiger partial charge in [-0.15, -0.1) is 0 Å². The molecule has 0 saturated carbocycles. The van der Waals surface area contributed by atoms with Crippen molar-refractivity contribution in [3.63, 3.8) is 0 Å². The zero-order valence-corrected chi connectivity index (χ0v) is 10.8. The van der Waals surface area contributed by atoms with Gasteiger partial charge in [0.15, 0.2) is 0 Å². The summed E-state index contributed by atoms with van der Waals surface area (Å²) in [5.74, 6) is 0.463. The first kappa shape index (κ1) is 13.5. The van der Waals surface area contributed by atoms with E-state index in [1.165, 1.54) is 0 Å². The van der Waals surface area contributed by atoms with E-state index >= 15 is 0 Å². The van der Waals surface area contributed by atoms with Gasteiger partial charge >= 0.3 is 0 Å². The van der Waals surface area contributed by atoms with Crippen LogP contribution in [0.15, 0.2) is 0 Å². The van der Waals surface area contributed by atoms with E-state index in [1.807, 2.05) is 7.05 Å². The molecule has 94 valence electrons. The van der Waals surface area contributed by atoms with E-state index in [0.29, 0.717) is 6.04 Å². The van der Waals surface area contributed by atoms with Crippen LogP contribution in [0.2, 0.25) is 0 Å². The molecule has 1 saturated heterocycles. The first-order valence-electron chi connectivity index (χ1n) is 6.31. The second kappa shape index (κ2) is 6.86. The lowest BCUT2D eigenvalue weighted by Gasteiger charge is -2.33. The van der Waals surface area contributed by atoms with E-state index < -0.39 is 0 Å². The Morgan fingerprint density at radius 2 is 1.94 bits per heavy atom. The molecule has 0 aromatic carbocycles. The smallest absolute Gasteiger partial charge is 0.223 e.